The lowest BCUT2D eigenvalue weighted by molar-refractivity contribution is 0.0123. The molecule has 2 aliphatic rings. The second-order valence-electron chi connectivity index (χ2n) is 7.56. The Morgan fingerprint density at radius 2 is 1.83 bits per heavy atom. The van der Waals surface area contributed by atoms with E-state index in [1.54, 1.807) is 12.4 Å². The average Bonchev–Trinajstić information content (AvgIpc) is 3.24. The number of nitrogens with one attached hydrogen (secondary N) is 1. The van der Waals surface area contributed by atoms with E-state index in [0.717, 1.165) is 82.5 Å². The maximum atomic E-state index is 5.98. The molecule has 2 aromatic heterocycles. The van der Waals surface area contributed by atoms with Gasteiger partial charge in [-0.05, 0) is 25.1 Å². The lowest BCUT2D eigenvalue weighted by atomic mass is 10.1. The number of hydrogen-bond acceptors (Lipinski definition) is 7. The van der Waals surface area contributed by atoms with Gasteiger partial charge >= 0.3 is 0 Å². The smallest absolute Gasteiger partial charge is 0.225 e. The second kappa shape index (κ2) is 9.90. The van der Waals surface area contributed by atoms with E-state index in [4.69, 9.17) is 9.15 Å². The SMILES string of the molecule is CN=C(NCC(c1ccc(C)o1)N1CCOCC1)N1CCN(c2ncccn2)CC1. The van der Waals surface area contributed by atoms with Crippen molar-refractivity contribution in [1.29, 1.82) is 0 Å². The monoisotopic (exact) mass is 413 g/mol. The Balaban J connectivity index is 1.36. The van der Waals surface area contributed by atoms with Crippen LogP contribution in [-0.2, 0) is 4.74 Å². The molecule has 4 heterocycles. The molecular weight excluding hydrogens is 382 g/mol. The molecule has 0 aromatic carbocycles. The van der Waals surface area contributed by atoms with Crippen LogP contribution in [0, 0.1) is 6.92 Å². The summed E-state index contributed by atoms with van der Waals surface area (Å²) in [6, 6.07) is 6.11. The molecule has 9 heteroatoms. The first-order chi connectivity index (χ1) is 14.7. The number of aryl methyl sites for hydroxylation is 1. The molecular formula is C21H31N7O2. The lowest BCUT2D eigenvalue weighted by Crippen LogP contribution is -2.54. The highest BCUT2D eigenvalue weighted by Gasteiger charge is 2.27. The molecule has 2 fully saturated rings. The van der Waals surface area contributed by atoms with Gasteiger partial charge in [-0.3, -0.25) is 9.89 Å². The van der Waals surface area contributed by atoms with E-state index in [0.29, 0.717) is 0 Å². The van der Waals surface area contributed by atoms with E-state index in [2.05, 4.69) is 41.0 Å². The highest BCUT2D eigenvalue weighted by atomic mass is 16.5. The Hall–Kier alpha value is -2.65. The van der Waals surface area contributed by atoms with Gasteiger partial charge in [0.05, 0.1) is 19.3 Å². The van der Waals surface area contributed by atoms with Crippen molar-refractivity contribution in [2.45, 2.75) is 13.0 Å². The van der Waals surface area contributed by atoms with Crippen molar-refractivity contribution in [2.75, 3.05) is 71.0 Å². The quantitative estimate of drug-likeness (QED) is 0.578. The molecule has 0 radical (unpaired) electrons. The highest BCUT2D eigenvalue weighted by molar-refractivity contribution is 5.80. The van der Waals surface area contributed by atoms with Gasteiger partial charge < -0.3 is 24.3 Å². The van der Waals surface area contributed by atoms with Gasteiger partial charge in [-0.25, -0.2) is 9.97 Å². The van der Waals surface area contributed by atoms with Crippen LogP contribution >= 0.6 is 0 Å². The Morgan fingerprint density at radius 1 is 1.10 bits per heavy atom. The van der Waals surface area contributed by atoms with Gasteiger partial charge in [0.15, 0.2) is 5.96 Å². The van der Waals surface area contributed by atoms with Crippen LogP contribution < -0.4 is 10.2 Å². The van der Waals surface area contributed by atoms with Crippen LogP contribution in [0.5, 0.6) is 0 Å². The molecule has 0 spiro atoms. The zero-order valence-electron chi connectivity index (χ0n) is 17.8. The molecule has 162 valence electrons. The summed E-state index contributed by atoms with van der Waals surface area (Å²) in [5.74, 6) is 3.64. The number of furan rings is 1. The number of guanidine groups is 1. The third-order valence-corrected chi connectivity index (χ3v) is 5.66. The molecule has 2 aliphatic heterocycles. The van der Waals surface area contributed by atoms with Gasteiger partial charge in [0.1, 0.15) is 11.5 Å². The van der Waals surface area contributed by atoms with Crippen LogP contribution in [0.1, 0.15) is 17.6 Å². The second-order valence-corrected chi connectivity index (χ2v) is 7.56. The van der Waals surface area contributed by atoms with Gasteiger partial charge in [-0.15, -0.1) is 0 Å². The van der Waals surface area contributed by atoms with Crippen molar-refractivity contribution >= 4 is 11.9 Å². The summed E-state index contributed by atoms with van der Waals surface area (Å²) < 4.78 is 11.5. The fourth-order valence-corrected chi connectivity index (χ4v) is 4.02. The standard InChI is InChI=1S/C21H31N7O2/c1-17-4-5-19(30-17)18(26-12-14-29-15-13-26)16-25-20(22-2)27-8-10-28(11-9-27)21-23-6-3-7-24-21/h3-7,18H,8-16H2,1-2H3,(H,22,25). The molecule has 0 amide bonds. The molecule has 1 unspecified atom stereocenters. The van der Waals surface area contributed by atoms with Crippen LogP contribution in [0.2, 0.25) is 0 Å². The largest absolute Gasteiger partial charge is 0.465 e. The predicted octanol–water partition coefficient (Wildman–Crippen LogP) is 1.15. The van der Waals surface area contributed by atoms with Gasteiger partial charge in [-0.1, -0.05) is 0 Å². The van der Waals surface area contributed by atoms with E-state index in [-0.39, 0.29) is 6.04 Å². The summed E-state index contributed by atoms with van der Waals surface area (Å²) in [4.78, 5) is 20.2. The Labute approximate surface area is 177 Å². The van der Waals surface area contributed by atoms with Gasteiger partial charge in [0.25, 0.3) is 0 Å². The summed E-state index contributed by atoms with van der Waals surface area (Å²) in [5.41, 5.74) is 0. The zero-order valence-corrected chi connectivity index (χ0v) is 17.8. The normalized spacial score (nSPS) is 19.7. The van der Waals surface area contributed by atoms with E-state index in [9.17, 15) is 0 Å². The van der Waals surface area contributed by atoms with Crippen molar-refractivity contribution in [1.82, 2.24) is 25.1 Å². The summed E-state index contributed by atoms with van der Waals surface area (Å²) in [5, 5.41) is 3.58. The molecule has 4 rings (SSSR count). The maximum absolute atomic E-state index is 5.98. The number of aromatic nitrogens is 2. The van der Waals surface area contributed by atoms with E-state index >= 15 is 0 Å². The number of piperazine rings is 1. The predicted molar refractivity (Wildman–Crippen MR) is 116 cm³/mol. The zero-order chi connectivity index (χ0) is 20.8. The van der Waals surface area contributed by atoms with Crippen molar-refractivity contribution in [3.8, 4) is 0 Å². The Bertz CT molecular complexity index is 812. The first kappa shape index (κ1) is 20.6. The Kier molecular flexibility index (Phi) is 6.81. The number of ether oxygens (including phenoxy) is 1. The van der Waals surface area contributed by atoms with Crippen molar-refractivity contribution < 1.29 is 9.15 Å². The number of aliphatic imine (C=N–C) groups is 1. The van der Waals surface area contributed by atoms with Crippen LogP contribution in [0.15, 0.2) is 40.0 Å². The first-order valence-electron chi connectivity index (χ1n) is 10.6. The minimum atomic E-state index is 0.151. The van der Waals surface area contributed by atoms with E-state index < -0.39 is 0 Å². The van der Waals surface area contributed by atoms with Crippen LogP contribution in [0.4, 0.5) is 5.95 Å². The molecule has 0 bridgehead atoms. The first-order valence-corrected chi connectivity index (χ1v) is 10.6. The van der Waals surface area contributed by atoms with Gasteiger partial charge in [-0.2, -0.15) is 0 Å². The van der Waals surface area contributed by atoms with Gasteiger partial charge in [0, 0.05) is 65.3 Å². The van der Waals surface area contributed by atoms with E-state index in [1.807, 2.05) is 26.1 Å². The molecule has 0 saturated carbocycles. The molecule has 9 nitrogen and oxygen atoms in total. The van der Waals surface area contributed by atoms with Crippen LogP contribution in [-0.4, -0.2) is 91.8 Å². The summed E-state index contributed by atoms with van der Waals surface area (Å²) in [6.45, 7) is 9.54. The van der Waals surface area contributed by atoms with Crippen molar-refractivity contribution in [3.63, 3.8) is 0 Å². The number of hydrogen-bond donors (Lipinski definition) is 1. The summed E-state index contributed by atoms with van der Waals surface area (Å²) in [7, 11) is 1.84. The highest BCUT2D eigenvalue weighted by Crippen LogP contribution is 2.23. The minimum absolute atomic E-state index is 0.151. The lowest BCUT2D eigenvalue weighted by Gasteiger charge is -2.38. The summed E-state index contributed by atoms with van der Waals surface area (Å²) in [6.07, 6.45) is 3.58. The van der Waals surface area contributed by atoms with E-state index in [1.165, 1.54) is 0 Å². The minimum Gasteiger partial charge on any atom is -0.465 e. The molecule has 2 aromatic rings. The molecule has 1 N–H and O–H groups in total. The fourth-order valence-electron chi connectivity index (χ4n) is 4.02. The third kappa shape index (κ3) is 4.91. The number of anilines is 1. The molecule has 2 saturated heterocycles. The van der Waals surface area contributed by atoms with Gasteiger partial charge in [0.2, 0.25) is 5.95 Å². The van der Waals surface area contributed by atoms with Crippen LogP contribution in [0.25, 0.3) is 0 Å². The van der Waals surface area contributed by atoms with Crippen molar-refractivity contribution in [2.24, 2.45) is 4.99 Å². The molecule has 1 atom stereocenters. The van der Waals surface area contributed by atoms with Crippen molar-refractivity contribution in [3.05, 3.63) is 42.1 Å². The molecule has 0 aliphatic carbocycles. The maximum Gasteiger partial charge on any atom is 0.225 e. The fraction of sp³-hybridized carbons (Fsp3) is 0.571. The number of morpholine rings is 1. The summed E-state index contributed by atoms with van der Waals surface area (Å²) >= 11 is 0. The number of rotatable bonds is 5. The molecule has 30 heavy (non-hydrogen) atoms. The topological polar surface area (TPSA) is 82.3 Å². The van der Waals surface area contributed by atoms with Crippen LogP contribution in [0.3, 0.4) is 0 Å². The number of nitrogens with zero attached hydrogens (tertiary/aromatic N) is 6. The average molecular weight is 414 g/mol. The third-order valence-electron chi connectivity index (χ3n) is 5.66. The Morgan fingerprint density at radius 3 is 2.47 bits per heavy atom.